The van der Waals surface area contributed by atoms with Crippen molar-refractivity contribution in [1.82, 2.24) is 4.98 Å². The zero-order valence-electron chi connectivity index (χ0n) is 7.08. The van der Waals surface area contributed by atoms with Crippen LogP contribution in [-0.2, 0) is 11.3 Å². The van der Waals surface area contributed by atoms with Crippen LogP contribution in [0.1, 0.15) is 12.5 Å². The van der Waals surface area contributed by atoms with Crippen LogP contribution in [0.4, 0.5) is 5.82 Å². The summed E-state index contributed by atoms with van der Waals surface area (Å²) in [6, 6.07) is 3.74. The number of nitrogens with one attached hydrogen (secondary N) is 1. The van der Waals surface area contributed by atoms with E-state index in [-0.39, 0.29) is 0 Å². The van der Waals surface area contributed by atoms with Crippen LogP contribution in [0.2, 0.25) is 0 Å². The van der Waals surface area contributed by atoms with Crippen LogP contribution < -0.4 is 11.3 Å². The second-order valence-corrected chi connectivity index (χ2v) is 2.33. The van der Waals surface area contributed by atoms with Crippen molar-refractivity contribution in [1.29, 1.82) is 0 Å². The summed E-state index contributed by atoms with van der Waals surface area (Å²) in [5.41, 5.74) is 3.51. The molecule has 4 nitrogen and oxygen atoms in total. The van der Waals surface area contributed by atoms with Gasteiger partial charge in [0.15, 0.2) is 0 Å². The lowest BCUT2D eigenvalue weighted by atomic mass is 10.3. The number of nitrogen functional groups attached to an aromatic ring is 1. The van der Waals surface area contributed by atoms with Crippen LogP contribution >= 0.6 is 0 Å². The Kier molecular flexibility index (Phi) is 3.50. The zero-order valence-corrected chi connectivity index (χ0v) is 7.08. The molecule has 0 amide bonds. The van der Waals surface area contributed by atoms with Gasteiger partial charge in [0.1, 0.15) is 5.82 Å². The van der Waals surface area contributed by atoms with Gasteiger partial charge in [-0.2, -0.15) is 0 Å². The van der Waals surface area contributed by atoms with E-state index in [1.54, 1.807) is 6.20 Å². The van der Waals surface area contributed by atoms with Crippen molar-refractivity contribution in [3.05, 3.63) is 23.9 Å². The lowest BCUT2D eigenvalue weighted by molar-refractivity contribution is 0.134. The average molecular weight is 167 g/mol. The van der Waals surface area contributed by atoms with Crippen molar-refractivity contribution in [3.8, 4) is 0 Å². The lowest BCUT2D eigenvalue weighted by Gasteiger charge is -2.02. The molecule has 66 valence electrons. The van der Waals surface area contributed by atoms with Gasteiger partial charge in [-0.1, -0.05) is 6.07 Å². The summed E-state index contributed by atoms with van der Waals surface area (Å²) in [7, 11) is 0. The number of aromatic nitrogens is 1. The number of nitrogens with zero attached hydrogens (tertiary/aromatic N) is 1. The van der Waals surface area contributed by atoms with Crippen LogP contribution in [0.3, 0.4) is 0 Å². The standard InChI is InChI=1S/C8H13N3O/c1-2-12-6-7-3-4-8(11-9)10-5-7/h3-5H,2,6,9H2,1H3,(H,10,11). The van der Waals surface area contributed by atoms with Gasteiger partial charge in [0, 0.05) is 12.8 Å². The highest BCUT2D eigenvalue weighted by molar-refractivity contribution is 5.33. The van der Waals surface area contributed by atoms with Crippen molar-refractivity contribution >= 4 is 5.82 Å². The van der Waals surface area contributed by atoms with Crippen LogP contribution in [0.5, 0.6) is 0 Å². The van der Waals surface area contributed by atoms with Crippen molar-refractivity contribution in [2.45, 2.75) is 13.5 Å². The number of rotatable bonds is 4. The fraction of sp³-hybridized carbons (Fsp3) is 0.375. The van der Waals surface area contributed by atoms with Crippen LogP contribution in [-0.4, -0.2) is 11.6 Å². The van der Waals surface area contributed by atoms with E-state index >= 15 is 0 Å². The molecule has 0 aliphatic heterocycles. The second-order valence-electron chi connectivity index (χ2n) is 2.33. The van der Waals surface area contributed by atoms with Crippen LogP contribution in [0, 0.1) is 0 Å². The normalized spacial score (nSPS) is 9.83. The molecule has 0 saturated heterocycles. The maximum Gasteiger partial charge on any atom is 0.139 e. The minimum absolute atomic E-state index is 0.606. The minimum atomic E-state index is 0.606. The molecule has 1 aromatic heterocycles. The molecule has 0 bridgehead atoms. The SMILES string of the molecule is CCOCc1ccc(NN)nc1. The summed E-state index contributed by atoms with van der Waals surface area (Å²) in [6.45, 7) is 3.29. The largest absolute Gasteiger partial charge is 0.377 e. The molecule has 12 heavy (non-hydrogen) atoms. The molecule has 0 radical (unpaired) electrons. The number of pyridine rings is 1. The van der Waals surface area contributed by atoms with E-state index in [1.165, 1.54) is 0 Å². The fourth-order valence-electron chi connectivity index (χ4n) is 0.815. The molecule has 0 atom stereocenters. The molecular formula is C8H13N3O. The van der Waals surface area contributed by atoms with Crippen LogP contribution in [0.15, 0.2) is 18.3 Å². The quantitative estimate of drug-likeness (QED) is 0.516. The number of nitrogens with two attached hydrogens (primary N) is 1. The van der Waals surface area contributed by atoms with Crippen LogP contribution in [0.25, 0.3) is 0 Å². The van der Waals surface area contributed by atoms with E-state index in [0.29, 0.717) is 12.4 Å². The van der Waals surface area contributed by atoms with Gasteiger partial charge in [0.25, 0.3) is 0 Å². The molecule has 3 N–H and O–H groups in total. The Morgan fingerprint density at radius 2 is 2.42 bits per heavy atom. The summed E-state index contributed by atoms with van der Waals surface area (Å²) in [6.07, 6.45) is 1.74. The number of hydrogen-bond donors (Lipinski definition) is 2. The molecule has 0 spiro atoms. The Balaban J connectivity index is 2.53. The van der Waals surface area contributed by atoms with Gasteiger partial charge >= 0.3 is 0 Å². The van der Waals surface area contributed by atoms with Gasteiger partial charge in [-0.25, -0.2) is 10.8 Å². The zero-order chi connectivity index (χ0) is 8.81. The van der Waals surface area contributed by atoms with E-state index in [1.807, 2.05) is 19.1 Å². The van der Waals surface area contributed by atoms with Crippen molar-refractivity contribution < 1.29 is 4.74 Å². The highest BCUT2D eigenvalue weighted by Gasteiger charge is 1.93. The molecule has 4 heteroatoms. The Labute approximate surface area is 71.7 Å². The lowest BCUT2D eigenvalue weighted by Crippen LogP contribution is -2.08. The maximum atomic E-state index is 5.20. The molecular weight excluding hydrogens is 154 g/mol. The van der Waals surface area contributed by atoms with E-state index in [4.69, 9.17) is 10.6 Å². The van der Waals surface area contributed by atoms with E-state index in [2.05, 4.69) is 10.4 Å². The van der Waals surface area contributed by atoms with E-state index < -0.39 is 0 Å². The van der Waals surface area contributed by atoms with Crippen molar-refractivity contribution in [2.24, 2.45) is 5.84 Å². The first-order valence-corrected chi connectivity index (χ1v) is 3.86. The average Bonchev–Trinajstić information content (AvgIpc) is 2.15. The summed E-state index contributed by atoms with van der Waals surface area (Å²) in [5.74, 6) is 5.82. The van der Waals surface area contributed by atoms with E-state index in [0.717, 1.165) is 12.2 Å². The topological polar surface area (TPSA) is 60.2 Å². The first-order valence-electron chi connectivity index (χ1n) is 3.86. The minimum Gasteiger partial charge on any atom is -0.377 e. The molecule has 0 aliphatic carbocycles. The third-order valence-corrected chi connectivity index (χ3v) is 1.45. The summed E-state index contributed by atoms with van der Waals surface area (Å²) in [5, 5.41) is 0. The highest BCUT2D eigenvalue weighted by Crippen LogP contribution is 2.04. The van der Waals surface area contributed by atoms with E-state index in [9.17, 15) is 0 Å². The molecule has 1 rings (SSSR count). The van der Waals surface area contributed by atoms with Crippen molar-refractivity contribution in [3.63, 3.8) is 0 Å². The molecule has 0 saturated carbocycles. The fourth-order valence-corrected chi connectivity index (χ4v) is 0.815. The van der Waals surface area contributed by atoms with Gasteiger partial charge in [-0.15, -0.1) is 0 Å². The smallest absolute Gasteiger partial charge is 0.139 e. The summed E-state index contributed by atoms with van der Waals surface area (Å²) >= 11 is 0. The predicted octanol–water partition coefficient (Wildman–Crippen LogP) is 0.904. The number of ether oxygens (including phenoxy) is 1. The molecule has 1 heterocycles. The van der Waals surface area contributed by atoms with Gasteiger partial charge in [-0.05, 0) is 18.6 Å². The third-order valence-electron chi connectivity index (χ3n) is 1.45. The van der Waals surface area contributed by atoms with Gasteiger partial charge in [0.2, 0.25) is 0 Å². The molecule has 0 aromatic carbocycles. The Morgan fingerprint density at radius 3 is 2.92 bits per heavy atom. The monoisotopic (exact) mass is 167 g/mol. The molecule has 0 unspecified atom stereocenters. The molecule has 0 fully saturated rings. The van der Waals surface area contributed by atoms with Gasteiger partial charge in [0.05, 0.1) is 6.61 Å². The highest BCUT2D eigenvalue weighted by atomic mass is 16.5. The first kappa shape index (κ1) is 8.96. The van der Waals surface area contributed by atoms with Gasteiger partial charge in [-0.3, -0.25) is 0 Å². The Bertz CT molecular complexity index is 222. The van der Waals surface area contributed by atoms with Gasteiger partial charge < -0.3 is 10.2 Å². The Morgan fingerprint density at radius 1 is 1.58 bits per heavy atom. The third kappa shape index (κ3) is 2.48. The Hall–Kier alpha value is -1.13. The first-order chi connectivity index (χ1) is 5.86. The predicted molar refractivity (Wildman–Crippen MR) is 47.4 cm³/mol. The summed E-state index contributed by atoms with van der Waals surface area (Å²) in [4.78, 5) is 4.03. The molecule has 0 aliphatic rings. The van der Waals surface area contributed by atoms with Crippen molar-refractivity contribution in [2.75, 3.05) is 12.0 Å². The second kappa shape index (κ2) is 4.69. The molecule has 1 aromatic rings. The maximum absolute atomic E-state index is 5.20. The number of hydrogen-bond acceptors (Lipinski definition) is 4. The number of anilines is 1. The summed E-state index contributed by atoms with van der Waals surface area (Å²) < 4.78 is 5.20. The number of hydrazine groups is 1.